The molecule has 0 aromatic carbocycles. The van der Waals surface area contributed by atoms with E-state index in [2.05, 4.69) is 15.1 Å². The van der Waals surface area contributed by atoms with E-state index in [0.29, 0.717) is 11.7 Å². The number of carbonyl (C=O) groups excluding carboxylic acids is 1. The second kappa shape index (κ2) is 5.37. The fourth-order valence-electron chi connectivity index (χ4n) is 1.11. The van der Waals surface area contributed by atoms with E-state index in [9.17, 15) is 4.79 Å². The first kappa shape index (κ1) is 13.1. The lowest BCUT2D eigenvalue weighted by molar-refractivity contribution is 0.312. The van der Waals surface area contributed by atoms with Crippen molar-refractivity contribution in [2.45, 2.75) is 33.2 Å². The average Bonchev–Trinajstić information content (AvgIpc) is 2.75. The number of nitrogens with zero attached hydrogens (tertiary/aromatic N) is 3. The van der Waals surface area contributed by atoms with Crippen LogP contribution in [-0.4, -0.2) is 16.2 Å². The van der Waals surface area contributed by atoms with Crippen molar-refractivity contribution in [1.82, 2.24) is 10.1 Å². The van der Waals surface area contributed by atoms with Gasteiger partial charge in [0.1, 0.15) is 5.54 Å². The Morgan fingerprint density at radius 1 is 1.53 bits per heavy atom. The minimum absolute atomic E-state index is 0.295. The van der Waals surface area contributed by atoms with Crippen LogP contribution < -0.4 is 0 Å². The molecule has 1 aromatic rings. The van der Waals surface area contributed by atoms with Gasteiger partial charge < -0.3 is 4.52 Å². The van der Waals surface area contributed by atoms with E-state index in [1.54, 1.807) is 13.8 Å². The Morgan fingerprint density at radius 2 is 2.24 bits per heavy atom. The number of rotatable bonds is 4. The van der Waals surface area contributed by atoms with E-state index in [0.717, 1.165) is 5.57 Å². The Balaban J connectivity index is 3.04. The van der Waals surface area contributed by atoms with Gasteiger partial charge in [-0.1, -0.05) is 23.4 Å². The van der Waals surface area contributed by atoms with Crippen LogP contribution >= 0.6 is 0 Å². The second-order valence-electron chi connectivity index (χ2n) is 4.06. The van der Waals surface area contributed by atoms with Crippen molar-refractivity contribution in [3.05, 3.63) is 29.9 Å². The third kappa shape index (κ3) is 3.23. The number of aliphatic imine (C=N–C) groups is 1. The van der Waals surface area contributed by atoms with E-state index in [-0.39, 0.29) is 0 Å². The van der Waals surface area contributed by atoms with Gasteiger partial charge in [-0.05, 0) is 33.3 Å². The summed E-state index contributed by atoms with van der Waals surface area (Å²) < 4.78 is 5.08. The molecule has 1 heterocycles. The molecule has 0 atom stereocenters. The van der Waals surface area contributed by atoms with Gasteiger partial charge in [0.25, 0.3) is 5.89 Å². The fraction of sp³-hybridized carbons (Fsp3) is 0.417. The first-order chi connectivity index (χ1) is 8.01. The van der Waals surface area contributed by atoms with Crippen molar-refractivity contribution in [3.63, 3.8) is 0 Å². The van der Waals surface area contributed by atoms with Gasteiger partial charge in [-0.25, -0.2) is 4.79 Å². The molecule has 0 aliphatic carbocycles. The number of hydrogen-bond donors (Lipinski definition) is 0. The molecule has 1 aromatic heterocycles. The quantitative estimate of drug-likeness (QED) is 0.455. The third-order valence-electron chi connectivity index (χ3n) is 2.17. The molecule has 0 fully saturated rings. The van der Waals surface area contributed by atoms with Crippen molar-refractivity contribution >= 4 is 11.7 Å². The van der Waals surface area contributed by atoms with Crippen LogP contribution in [0.15, 0.2) is 27.7 Å². The standard InChI is InChI=1S/C12H15N3O2/c1-5-6-7-9(2)10-14-11(17-15-10)12(3,4)13-8-16/h5-7H,1-4H3/b6-5-,9-7+. The third-order valence-corrected chi connectivity index (χ3v) is 2.17. The first-order valence-corrected chi connectivity index (χ1v) is 5.24. The van der Waals surface area contributed by atoms with Gasteiger partial charge in [0, 0.05) is 0 Å². The fourth-order valence-corrected chi connectivity index (χ4v) is 1.11. The largest absolute Gasteiger partial charge is 0.336 e. The second-order valence-corrected chi connectivity index (χ2v) is 4.06. The molecule has 0 saturated heterocycles. The maximum absolute atomic E-state index is 10.3. The molecule has 5 heteroatoms. The predicted octanol–water partition coefficient (Wildman–Crippen LogP) is 2.62. The van der Waals surface area contributed by atoms with Crippen molar-refractivity contribution in [2.24, 2.45) is 4.99 Å². The molecule has 0 saturated carbocycles. The zero-order chi connectivity index (χ0) is 12.9. The summed E-state index contributed by atoms with van der Waals surface area (Å²) in [6, 6.07) is 0. The highest BCUT2D eigenvalue weighted by molar-refractivity contribution is 5.58. The van der Waals surface area contributed by atoms with Crippen LogP contribution in [0.2, 0.25) is 0 Å². The number of isocyanates is 1. The highest BCUT2D eigenvalue weighted by atomic mass is 16.5. The van der Waals surface area contributed by atoms with Crippen LogP contribution in [0, 0.1) is 0 Å². The Labute approximate surface area is 99.9 Å². The molecule has 5 nitrogen and oxygen atoms in total. The van der Waals surface area contributed by atoms with Gasteiger partial charge in [-0.15, -0.1) is 0 Å². The molecule has 0 bridgehead atoms. The molecule has 1 rings (SSSR count). The van der Waals surface area contributed by atoms with Crippen LogP contribution in [0.25, 0.3) is 5.57 Å². The monoisotopic (exact) mass is 233 g/mol. The maximum atomic E-state index is 10.3. The normalized spacial score (nSPS) is 12.8. The number of aromatic nitrogens is 2. The number of allylic oxidation sites excluding steroid dienone is 4. The van der Waals surface area contributed by atoms with Gasteiger partial charge in [0.15, 0.2) is 5.82 Å². The Kier molecular flexibility index (Phi) is 4.12. The Hall–Kier alpha value is -2.00. The smallest absolute Gasteiger partial charge is 0.255 e. The molecule has 0 aliphatic heterocycles. The van der Waals surface area contributed by atoms with Gasteiger partial charge >= 0.3 is 0 Å². The minimum atomic E-state index is -0.839. The van der Waals surface area contributed by atoms with E-state index in [1.807, 2.05) is 32.1 Å². The van der Waals surface area contributed by atoms with Crippen LogP contribution in [0.4, 0.5) is 0 Å². The van der Waals surface area contributed by atoms with Crippen molar-refractivity contribution in [1.29, 1.82) is 0 Å². The van der Waals surface area contributed by atoms with E-state index >= 15 is 0 Å². The molecule has 17 heavy (non-hydrogen) atoms. The average molecular weight is 233 g/mol. The summed E-state index contributed by atoms with van der Waals surface area (Å²) in [4.78, 5) is 18.1. The lowest BCUT2D eigenvalue weighted by Gasteiger charge is -2.09. The summed E-state index contributed by atoms with van der Waals surface area (Å²) in [6.45, 7) is 7.22. The summed E-state index contributed by atoms with van der Waals surface area (Å²) in [5, 5.41) is 3.84. The summed E-state index contributed by atoms with van der Waals surface area (Å²) in [7, 11) is 0. The maximum Gasteiger partial charge on any atom is 0.255 e. The summed E-state index contributed by atoms with van der Waals surface area (Å²) >= 11 is 0. The van der Waals surface area contributed by atoms with E-state index < -0.39 is 5.54 Å². The zero-order valence-electron chi connectivity index (χ0n) is 10.4. The van der Waals surface area contributed by atoms with E-state index in [1.165, 1.54) is 6.08 Å². The molecule has 0 N–H and O–H groups in total. The highest BCUT2D eigenvalue weighted by Gasteiger charge is 2.27. The van der Waals surface area contributed by atoms with Gasteiger partial charge in [-0.3, -0.25) is 0 Å². The Bertz CT molecular complexity index is 492. The topological polar surface area (TPSA) is 68.3 Å². The molecular formula is C12H15N3O2. The summed E-state index contributed by atoms with van der Waals surface area (Å²) in [5.41, 5.74) is 0.0393. The van der Waals surface area contributed by atoms with Crippen molar-refractivity contribution < 1.29 is 9.32 Å². The van der Waals surface area contributed by atoms with Gasteiger partial charge in [0.05, 0.1) is 0 Å². The van der Waals surface area contributed by atoms with Crippen LogP contribution in [-0.2, 0) is 10.3 Å². The first-order valence-electron chi connectivity index (χ1n) is 5.24. The van der Waals surface area contributed by atoms with Crippen molar-refractivity contribution in [2.75, 3.05) is 0 Å². The van der Waals surface area contributed by atoms with Crippen LogP contribution in [0.5, 0.6) is 0 Å². The molecule has 0 unspecified atom stereocenters. The molecule has 0 aliphatic rings. The molecular weight excluding hydrogens is 218 g/mol. The molecule has 0 spiro atoms. The molecule has 90 valence electrons. The minimum Gasteiger partial charge on any atom is -0.336 e. The summed E-state index contributed by atoms with van der Waals surface area (Å²) in [6.07, 6.45) is 7.18. The Morgan fingerprint density at radius 3 is 2.82 bits per heavy atom. The van der Waals surface area contributed by atoms with E-state index in [4.69, 9.17) is 4.52 Å². The lowest BCUT2D eigenvalue weighted by Crippen LogP contribution is -2.13. The molecule has 0 amide bonds. The van der Waals surface area contributed by atoms with Crippen LogP contribution in [0.1, 0.15) is 39.4 Å². The lowest BCUT2D eigenvalue weighted by atomic mass is 10.1. The predicted molar refractivity (Wildman–Crippen MR) is 63.9 cm³/mol. The highest BCUT2D eigenvalue weighted by Crippen LogP contribution is 2.23. The zero-order valence-corrected chi connectivity index (χ0v) is 10.4. The number of hydrogen-bond acceptors (Lipinski definition) is 5. The van der Waals surface area contributed by atoms with Crippen LogP contribution in [0.3, 0.4) is 0 Å². The van der Waals surface area contributed by atoms with Crippen molar-refractivity contribution in [3.8, 4) is 0 Å². The SMILES string of the molecule is C/C=C\C=C(/C)c1noc(C(C)(C)N=C=O)n1. The van der Waals surface area contributed by atoms with Gasteiger partial charge in [-0.2, -0.15) is 9.98 Å². The summed E-state index contributed by atoms with van der Waals surface area (Å²) in [5.74, 6) is 0.788. The molecule has 0 radical (unpaired) electrons. The van der Waals surface area contributed by atoms with Gasteiger partial charge in [0.2, 0.25) is 6.08 Å².